The van der Waals surface area contributed by atoms with Crippen LogP contribution in [-0.4, -0.2) is 5.16 Å². The first-order valence-electron chi connectivity index (χ1n) is 5.24. The molecule has 0 amide bonds. The Hall–Kier alpha value is -0.790. The van der Waals surface area contributed by atoms with Gasteiger partial charge >= 0.3 is 0 Å². The second-order valence-electron chi connectivity index (χ2n) is 3.59. The second-order valence-corrected chi connectivity index (χ2v) is 3.59. The van der Waals surface area contributed by atoms with E-state index in [1.54, 1.807) is 6.26 Å². The van der Waals surface area contributed by atoms with E-state index in [0.717, 1.165) is 12.1 Å². The molecule has 0 aliphatic carbocycles. The summed E-state index contributed by atoms with van der Waals surface area (Å²) in [6, 6.07) is 0. The van der Waals surface area contributed by atoms with Gasteiger partial charge in [0, 0.05) is 5.56 Å². The van der Waals surface area contributed by atoms with E-state index in [0.29, 0.717) is 0 Å². The first-order valence-corrected chi connectivity index (χ1v) is 5.24. The van der Waals surface area contributed by atoms with Crippen LogP contribution in [0, 0.1) is 6.92 Å². The Morgan fingerprint density at radius 2 is 2.00 bits per heavy atom. The van der Waals surface area contributed by atoms with Gasteiger partial charge in [-0.05, 0) is 19.8 Å². The van der Waals surface area contributed by atoms with Gasteiger partial charge in [0.25, 0.3) is 0 Å². The molecule has 1 aromatic rings. The molecule has 0 atom stereocenters. The third-order valence-corrected chi connectivity index (χ3v) is 2.40. The lowest BCUT2D eigenvalue weighted by molar-refractivity contribution is 0.414. The van der Waals surface area contributed by atoms with Gasteiger partial charge in [-0.3, -0.25) is 0 Å². The van der Waals surface area contributed by atoms with Crippen molar-refractivity contribution < 1.29 is 4.52 Å². The van der Waals surface area contributed by atoms with Crippen LogP contribution < -0.4 is 0 Å². The number of hydrogen-bond acceptors (Lipinski definition) is 2. The molecule has 74 valence electrons. The Bertz CT molecular complexity index is 230. The van der Waals surface area contributed by atoms with E-state index < -0.39 is 0 Å². The summed E-state index contributed by atoms with van der Waals surface area (Å²) in [6.07, 6.45) is 9.53. The Kier molecular flexibility index (Phi) is 4.58. The summed E-state index contributed by atoms with van der Waals surface area (Å²) in [7, 11) is 0. The average molecular weight is 181 g/mol. The highest BCUT2D eigenvalue weighted by Crippen LogP contribution is 2.11. The van der Waals surface area contributed by atoms with Crippen molar-refractivity contribution in [2.75, 3.05) is 0 Å². The molecule has 1 heterocycles. The zero-order valence-electron chi connectivity index (χ0n) is 8.68. The van der Waals surface area contributed by atoms with Crippen LogP contribution in [0.4, 0.5) is 0 Å². The minimum Gasteiger partial charge on any atom is -0.364 e. The molecule has 0 saturated heterocycles. The van der Waals surface area contributed by atoms with Gasteiger partial charge in [0.15, 0.2) is 0 Å². The largest absolute Gasteiger partial charge is 0.364 e. The van der Waals surface area contributed by atoms with Crippen molar-refractivity contribution in [2.24, 2.45) is 0 Å². The molecule has 13 heavy (non-hydrogen) atoms. The molecule has 0 bridgehead atoms. The third kappa shape index (κ3) is 3.62. The minimum atomic E-state index is 1.05. The molecule has 2 nitrogen and oxygen atoms in total. The van der Waals surface area contributed by atoms with Gasteiger partial charge in [-0.1, -0.05) is 37.8 Å². The molecule has 0 N–H and O–H groups in total. The van der Waals surface area contributed by atoms with E-state index in [9.17, 15) is 0 Å². The predicted octanol–water partition coefficient (Wildman–Crippen LogP) is 3.50. The summed E-state index contributed by atoms with van der Waals surface area (Å²) < 4.78 is 4.87. The van der Waals surface area contributed by atoms with Gasteiger partial charge in [-0.25, -0.2) is 0 Å². The van der Waals surface area contributed by atoms with Crippen molar-refractivity contribution in [3.05, 3.63) is 17.5 Å². The van der Waals surface area contributed by atoms with E-state index in [2.05, 4.69) is 12.1 Å². The van der Waals surface area contributed by atoms with Gasteiger partial charge in [-0.15, -0.1) is 0 Å². The standard InChI is InChI=1S/C11H19NO/c1-3-4-5-6-7-8-11-9-13-12-10(11)2/h9H,3-8H2,1-2H3. The summed E-state index contributed by atoms with van der Waals surface area (Å²) in [5.41, 5.74) is 2.33. The molecular weight excluding hydrogens is 162 g/mol. The smallest absolute Gasteiger partial charge is 0.127 e. The van der Waals surface area contributed by atoms with Gasteiger partial charge in [0.05, 0.1) is 5.69 Å². The number of aromatic nitrogens is 1. The van der Waals surface area contributed by atoms with E-state index in [-0.39, 0.29) is 0 Å². The first-order chi connectivity index (χ1) is 6.34. The summed E-state index contributed by atoms with van der Waals surface area (Å²) in [6.45, 7) is 4.25. The van der Waals surface area contributed by atoms with E-state index >= 15 is 0 Å². The molecule has 0 fully saturated rings. The van der Waals surface area contributed by atoms with E-state index in [1.165, 1.54) is 37.7 Å². The van der Waals surface area contributed by atoms with E-state index in [4.69, 9.17) is 4.52 Å². The van der Waals surface area contributed by atoms with Gasteiger partial charge < -0.3 is 4.52 Å². The zero-order valence-corrected chi connectivity index (χ0v) is 8.68. The molecule has 1 rings (SSSR count). The number of rotatable bonds is 6. The summed E-state index contributed by atoms with van der Waals surface area (Å²) in [4.78, 5) is 0. The van der Waals surface area contributed by atoms with Crippen molar-refractivity contribution in [1.82, 2.24) is 5.16 Å². The maximum atomic E-state index is 4.87. The molecule has 0 unspecified atom stereocenters. The summed E-state index contributed by atoms with van der Waals surface area (Å²) >= 11 is 0. The Labute approximate surface area is 80.3 Å². The average Bonchev–Trinajstić information content (AvgIpc) is 2.52. The quantitative estimate of drug-likeness (QED) is 0.628. The normalized spacial score (nSPS) is 10.6. The van der Waals surface area contributed by atoms with Crippen molar-refractivity contribution in [2.45, 2.75) is 52.4 Å². The fourth-order valence-corrected chi connectivity index (χ4v) is 1.47. The van der Waals surface area contributed by atoms with Crippen LogP contribution in [0.15, 0.2) is 10.8 Å². The number of nitrogens with zero attached hydrogens (tertiary/aromatic N) is 1. The van der Waals surface area contributed by atoms with Gasteiger partial charge in [-0.2, -0.15) is 0 Å². The van der Waals surface area contributed by atoms with Crippen LogP contribution in [0.25, 0.3) is 0 Å². The molecule has 0 radical (unpaired) electrons. The lowest BCUT2D eigenvalue weighted by Crippen LogP contribution is -1.86. The second kappa shape index (κ2) is 5.79. The maximum Gasteiger partial charge on any atom is 0.127 e. The monoisotopic (exact) mass is 181 g/mol. The number of unbranched alkanes of at least 4 members (excludes halogenated alkanes) is 4. The highest BCUT2D eigenvalue weighted by atomic mass is 16.5. The molecule has 0 aliphatic rings. The van der Waals surface area contributed by atoms with Crippen molar-refractivity contribution in [1.29, 1.82) is 0 Å². The maximum absolute atomic E-state index is 4.87. The minimum absolute atomic E-state index is 1.05. The Balaban J connectivity index is 2.10. The van der Waals surface area contributed by atoms with Crippen LogP contribution in [0.1, 0.15) is 50.3 Å². The zero-order chi connectivity index (χ0) is 9.52. The lowest BCUT2D eigenvalue weighted by atomic mass is 10.1. The summed E-state index contributed by atoms with van der Waals surface area (Å²) in [5, 5.41) is 3.86. The van der Waals surface area contributed by atoms with Crippen LogP contribution in [0.3, 0.4) is 0 Å². The van der Waals surface area contributed by atoms with Gasteiger partial charge in [0.1, 0.15) is 6.26 Å². The van der Waals surface area contributed by atoms with Crippen molar-refractivity contribution >= 4 is 0 Å². The van der Waals surface area contributed by atoms with Crippen LogP contribution in [0.5, 0.6) is 0 Å². The molecular formula is C11H19NO. The predicted molar refractivity (Wildman–Crippen MR) is 53.7 cm³/mol. The van der Waals surface area contributed by atoms with Crippen molar-refractivity contribution in [3.8, 4) is 0 Å². The fourth-order valence-electron chi connectivity index (χ4n) is 1.47. The molecule has 0 saturated carbocycles. The Morgan fingerprint density at radius 1 is 1.23 bits per heavy atom. The topological polar surface area (TPSA) is 26.0 Å². The molecule has 0 aliphatic heterocycles. The molecule has 1 aromatic heterocycles. The van der Waals surface area contributed by atoms with E-state index in [1.807, 2.05) is 6.92 Å². The highest BCUT2D eigenvalue weighted by molar-refractivity contribution is 5.12. The highest BCUT2D eigenvalue weighted by Gasteiger charge is 2.01. The van der Waals surface area contributed by atoms with Crippen LogP contribution in [-0.2, 0) is 6.42 Å². The van der Waals surface area contributed by atoms with Crippen LogP contribution >= 0.6 is 0 Å². The first kappa shape index (κ1) is 10.3. The van der Waals surface area contributed by atoms with Gasteiger partial charge in [0.2, 0.25) is 0 Å². The lowest BCUT2D eigenvalue weighted by Gasteiger charge is -1.98. The number of hydrogen-bond donors (Lipinski definition) is 0. The van der Waals surface area contributed by atoms with Crippen LogP contribution in [0.2, 0.25) is 0 Å². The molecule has 0 aromatic carbocycles. The SMILES string of the molecule is CCCCCCCc1conc1C. The molecule has 2 heteroatoms. The number of aryl methyl sites for hydroxylation is 2. The van der Waals surface area contributed by atoms with Crippen molar-refractivity contribution in [3.63, 3.8) is 0 Å². The third-order valence-electron chi connectivity index (χ3n) is 2.40. The summed E-state index contributed by atoms with van der Waals surface area (Å²) in [5.74, 6) is 0. The molecule has 0 spiro atoms. The Morgan fingerprint density at radius 3 is 2.62 bits per heavy atom. The fraction of sp³-hybridized carbons (Fsp3) is 0.727.